The van der Waals surface area contributed by atoms with Crippen LogP contribution in [0.1, 0.15) is 20.3 Å². The predicted octanol–water partition coefficient (Wildman–Crippen LogP) is 2.75. The highest BCUT2D eigenvalue weighted by Crippen LogP contribution is 2.23. The molecule has 0 radical (unpaired) electrons. The molecule has 0 aliphatic heterocycles. The van der Waals surface area contributed by atoms with Gasteiger partial charge in [-0.05, 0) is 24.1 Å². The monoisotopic (exact) mass is 325 g/mol. The minimum absolute atomic E-state index is 0.0255. The lowest BCUT2D eigenvalue weighted by molar-refractivity contribution is -0.138. The van der Waals surface area contributed by atoms with Gasteiger partial charge in [0, 0.05) is 18.0 Å². The highest BCUT2D eigenvalue weighted by atomic mass is 32.2. The minimum atomic E-state index is -0.887. The van der Waals surface area contributed by atoms with Gasteiger partial charge in [0.1, 0.15) is 5.75 Å². The molecule has 22 heavy (non-hydrogen) atoms. The lowest BCUT2D eigenvalue weighted by Crippen LogP contribution is -2.37. The van der Waals surface area contributed by atoms with Gasteiger partial charge in [0.2, 0.25) is 5.91 Å². The summed E-state index contributed by atoms with van der Waals surface area (Å²) in [5.74, 6) is 0.422. The lowest BCUT2D eigenvalue weighted by atomic mass is 10.2. The molecule has 5 nitrogen and oxygen atoms in total. The number of rotatable bonds is 9. The Morgan fingerprint density at radius 3 is 2.68 bits per heavy atom. The van der Waals surface area contributed by atoms with E-state index in [-0.39, 0.29) is 18.9 Å². The number of carbonyl (C=O) groups excluding carboxylic acids is 1. The molecule has 0 spiro atoms. The van der Waals surface area contributed by atoms with Crippen molar-refractivity contribution in [2.75, 3.05) is 26.0 Å². The zero-order chi connectivity index (χ0) is 16.5. The summed E-state index contributed by atoms with van der Waals surface area (Å²) in [7, 11) is 1.60. The van der Waals surface area contributed by atoms with Crippen LogP contribution in [0.25, 0.3) is 0 Å². The summed E-state index contributed by atoms with van der Waals surface area (Å²) < 4.78 is 5.15. The SMILES string of the molecule is COc1cccc(SCC(=O)N(CCC(=O)O)CC(C)C)c1. The van der Waals surface area contributed by atoms with Crippen LogP contribution in [0.4, 0.5) is 0 Å². The van der Waals surface area contributed by atoms with Gasteiger partial charge < -0.3 is 14.7 Å². The van der Waals surface area contributed by atoms with Crippen LogP contribution in [0.3, 0.4) is 0 Å². The van der Waals surface area contributed by atoms with Gasteiger partial charge in [0.25, 0.3) is 0 Å². The number of carbonyl (C=O) groups is 2. The first-order valence-electron chi connectivity index (χ1n) is 7.18. The van der Waals surface area contributed by atoms with E-state index in [0.717, 1.165) is 10.6 Å². The minimum Gasteiger partial charge on any atom is -0.497 e. The third-order valence-electron chi connectivity index (χ3n) is 2.94. The van der Waals surface area contributed by atoms with Gasteiger partial charge in [0.15, 0.2) is 0 Å². The van der Waals surface area contributed by atoms with Crippen LogP contribution in [0.5, 0.6) is 5.75 Å². The van der Waals surface area contributed by atoms with Crippen molar-refractivity contribution in [2.45, 2.75) is 25.2 Å². The van der Waals surface area contributed by atoms with Gasteiger partial charge in [-0.25, -0.2) is 0 Å². The van der Waals surface area contributed by atoms with E-state index in [0.29, 0.717) is 18.2 Å². The molecule has 0 saturated heterocycles. The molecule has 0 bridgehead atoms. The van der Waals surface area contributed by atoms with E-state index in [2.05, 4.69) is 0 Å². The van der Waals surface area contributed by atoms with E-state index in [1.54, 1.807) is 12.0 Å². The Kier molecular flexibility index (Phi) is 7.80. The van der Waals surface area contributed by atoms with Crippen LogP contribution in [0.15, 0.2) is 29.2 Å². The Morgan fingerprint density at radius 1 is 1.36 bits per heavy atom. The highest BCUT2D eigenvalue weighted by molar-refractivity contribution is 8.00. The number of ether oxygens (including phenoxy) is 1. The fourth-order valence-corrected chi connectivity index (χ4v) is 2.76. The zero-order valence-electron chi connectivity index (χ0n) is 13.2. The number of benzene rings is 1. The summed E-state index contributed by atoms with van der Waals surface area (Å²) in [5, 5.41) is 8.79. The largest absolute Gasteiger partial charge is 0.497 e. The summed E-state index contributed by atoms with van der Waals surface area (Å²) in [6.07, 6.45) is -0.0255. The predicted molar refractivity (Wildman–Crippen MR) is 87.4 cm³/mol. The van der Waals surface area contributed by atoms with Crippen molar-refractivity contribution in [2.24, 2.45) is 5.92 Å². The molecule has 0 fully saturated rings. The molecular formula is C16H23NO4S. The van der Waals surface area contributed by atoms with E-state index in [4.69, 9.17) is 9.84 Å². The average Bonchev–Trinajstić information content (AvgIpc) is 2.48. The maximum atomic E-state index is 12.3. The van der Waals surface area contributed by atoms with E-state index < -0.39 is 5.97 Å². The number of carboxylic acids is 1. The van der Waals surface area contributed by atoms with Crippen molar-refractivity contribution in [1.82, 2.24) is 4.90 Å². The number of thioether (sulfide) groups is 1. The van der Waals surface area contributed by atoms with Crippen molar-refractivity contribution in [3.8, 4) is 5.75 Å². The molecule has 0 aromatic heterocycles. The standard InChI is InChI=1S/C16H23NO4S/c1-12(2)10-17(8-7-16(19)20)15(18)11-22-14-6-4-5-13(9-14)21-3/h4-6,9,12H,7-8,10-11H2,1-3H3,(H,19,20). The molecule has 0 unspecified atom stereocenters. The lowest BCUT2D eigenvalue weighted by Gasteiger charge is -2.24. The normalized spacial score (nSPS) is 10.5. The second kappa shape index (κ2) is 9.35. The zero-order valence-corrected chi connectivity index (χ0v) is 14.1. The van der Waals surface area contributed by atoms with E-state index >= 15 is 0 Å². The van der Waals surface area contributed by atoms with Crippen LogP contribution in [0.2, 0.25) is 0 Å². The molecule has 0 aliphatic rings. The molecule has 122 valence electrons. The summed E-state index contributed by atoms with van der Waals surface area (Å²) in [6, 6.07) is 7.53. The molecule has 1 aromatic carbocycles. The van der Waals surface area contributed by atoms with Gasteiger partial charge >= 0.3 is 5.97 Å². The van der Waals surface area contributed by atoms with Crippen molar-refractivity contribution < 1.29 is 19.4 Å². The second-order valence-corrected chi connectivity index (χ2v) is 6.39. The number of methoxy groups -OCH3 is 1. The van der Waals surface area contributed by atoms with Gasteiger partial charge in [-0.3, -0.25) is 9.59 Å². The molecular weight excluding hydrogens is 302 g/mol. The number of carboxylic acid groups (broad SMARTS) is 1. The Hall–Kier alpha value is -1.69. The second-order valence-electron chi connectivity index (χ2n) is 5.34. The van der Waals surface area contributed by atoms with Crippen LogP contribution >= 0.6 is 11.8 Å². The fourth-order valence-electron chi connectivity index (χ4n) is 1.92. The molecule has 0 atom stereocenters. The average molecular weight is 325 g/mol. The van der Waals surface area contributed by atoms with Crippen LogP contribution in [0, 0.1) is 5.92 Å². The molecule has 6 heteroatoms. The highest BCUT2D eigenvalue weighted by Gasteiger charge is 2.16. The molecule has 1 aromatic rings. The van der Waals surface area contributed by atoms with Crippen LogP contribution < -0.4 is 4.74 Å². The first-order chi connectivity index (χ1) is 10.4. The third-order valence-corrected chi connectivity index (χ3v) is 3.92. The Bertz CT molecular complexity index is 505. The number of hydrogen-bond donors (Lipinski definition) is 1. The summed E-state index contributed by atoms with van der Waals surface area (Å²) >= 11 is 1.43. The van der Waals surface area contributed by atoms with Gasteiger partial charge in [0.05, 0.1) is 19.3 Å². The number of aliphatic carboxylic acids is 1. The van der Waals surface area contributed by atoms with Gasteiger partial charge in [-0.1, -0.05) is 19.9 Å². The van der Waals surface area contributed by atoms with Gasteiger partial charge in [-0.2, -0.15) is 0 Å². The Labute approximate surface area is 135 Å². The van der Waals surface area contributed by atoms with Crippen molar-refractivity contribution in [3.05, 3.63) is 24.3 Å². The number of hydrogen-bond acceptors (Lipinski definition) is 4. The Morgan fingerprint density at radius 2 is 2.09 bits per heavy atom. The third kappa shape index (κ3) is 6.85. The summed E-state index contributed by atoms with van der Waals surface area (Å²) in [6.45, 7) is 4.85. The van der Waals surface area contributed by atoms with E-state index in [9.17, 15) is 9.59 Å². The van der Waals surface area contributed by atoms with E-state index in [1.165, 1.54) is 11.8 Å². The Balaban J connectivity index is 2.59. The topological polar surface area (TPSA) is 66.8 Å². The fraction of sp³-hybridized carbons (Fsp3) is 0.500. The first-order valence-corrected chi connectivity index (χ1v) is 8.17. The molecule has 0 aliphatic carbocycles. The number of nitrogens with zero attached hydrogens (tertiary/aromatic N) is 1. The van der Waals surface area contributed by atoms with Crippen molar-refractivity contribution >= 4 is 23.6 Å². The molecule has 1 rings (SSSR count). The maximum Gasteiger partial charge on any atom is 0.305 e. The van der Waals surface area contributed by atoms with Crippen LogP contribution in [-0.4, -0.2) is 47.8 Å². The first kappa shape index (κ1) is 18.4. The van der Waals surface area contributed by atoms with Crippen molar-refractivity contribution in [1.29, 1.82) is 0 Å². The molecule has 1 amide bonds. The van der Waals surface area contributed by atoms with E-state index in [1.807, 2.05) is 38.1 Å². The van der Waals surface area contributed by atoms with Gasteiger partial charge in [-0.15, -0.1) is 11.8 Å². The quantitative estimate of drug-likeness (QED) is 0.707. The van der Waals surface area contributed by atoms with Crippen molar-refractivity contribution in [3.63, 3.8) is 0 Å². The van der Waals surface area contributed by atoms with Crippen LogP contribution in [-0.2, 0) is 9.59 Å². The molecule has 1 N–H and O–H groups in total. The maximum absolute atomic E-state index is 12.3. The smallest absolute Gasteiger partial charge is 0.305 e. The summed E-state index contributed by atoms with van der Waals surface area (Å²) in [5.41, 5.74) is 0. The summed E-state index contributed by atoms with van der Waals surface area (Å²) in [4.78, 5) is 25.6. The molecule has 0 saturated carbocycles. The number of amides is 1. The molecule has 0 heterocycles.